The van der Waals surface area contributed by atoms with Crippen LogP contribution in [0.4, 0.5) is 0 Å². The Morgan fingerprint density at radius 1 is 1.18 bits per heavy atom. The molecule has 0 aliphatic heterocycles. The summed E-state index contributed by atoms with van der Waals surface area (Å²) in [5, 5.41) is 6.17. The second kappa shape index (κ2) is 5.38. The van der Waals surface area contributed by atoms with Crippen LogP contribution in [0, 0.1) is 5.41 Å². The highest BCUT2D eigenvalue weighted by Gasteiger charge is 2.37. The number of carbonyl (C=O) groups is 1. The number of likely N-dealkylation sites (N-methyl/N-ethyl adjacent to an activating group) is 1. The number of hydrogen-bond donors (Lipinski definition) is 2. The van der Waals surface area contributed by atoms with Crippen LogP contribution in [0.3, 0.4) is 0 Å². The quantitative estimate of drug-likeness (QED) is 0.791. The molecule has 3 heteroatoms. The second-order valence-electron chi connectivity index (χ2n) is 5.98. The zero-order valence-corrected chi connectivity index (χ0v) is 11.2. The monoisotopic (exact) mass is 238 g/mol. The van der Waals surface area contributed by atoms with Gasteiger partial charge in [-0.1, -0.05) is 12.8 Å². The van der Waals surface area contributed by atoms with Crippen LogP contribution in [-0.4, -0.2) is 25.0 Å². The lowest BCUT2D eigenvalue weighted by Gasteiger charge is -2.38. The molecular weight excluding hydrogens is 212 g/mol. The zero-order valence-electron chi connectivity index (χ0n) is 11.2. The van der Waals surface area contributed by atoms with Crippen LogP contribution in [0.15, 0.2) is 0 Å². The molecule has 0 aromatic heterocycles. The van der Waals surface area contributed by atoms with Crippen molar-refractivity contribution < 1.29 is 4.79 Å². The molecule has 2 N–H and O–H groups in total. The molecule has 1 amide bonds. The van der Waals surface area contributed by atoms with Gasteiger partial charge in [0.2, 0.25) is 5.91 Å². The van der Waals surface area contributed by atoms with E-state index < -0.39 is 0 Å². The highest BCUT2D eigenvalue weighted by Crippen LogP contribution is 2.48. The van der Waals surface area contributed by atoms with Crippen molar-refractivity contribution in [2.24, 2.45) is 5.41 Å². The van der Waals surface area contributed by atoms with Crippen LogP contribution in [0.5, 0.6) is 0 Å². The summed E-state index contributed by atoms with van der Waals surface area (Å²) in [6.45, 7) is 1.96. The minimum Gasteiger partial charge on any atom is -0.358 e. The first-order valence-corrected chi connectivity index (χ1v) is 7.13. The summed E-state index contributed by atoms with van der Waals surface area (Å²) in [7, 11) is 1.70. The van der Waals surface area contributed by atoms with Crippen molar-refractivity contribution in [2.45, 2.75) is 70.4 Å². The summed E-state index contributed by atoms with van der Waals surface area (Å²) in [6, 6.07) is 0.496. The van der Waals surface area contributed by atoms with E-state index in [1.54, 1.807) is 7.05 Å². The van der Waals surface area contributed by atoms with Crippen LogP contribution in [0.25, 0.3) is 0 Å². The Bertz CT molecular complexity index is 261. The van der Waals surface area contributed by atoms with E-state index in [1.807, 2.05) is 6.92 Å². The summed E-state index contributed by atoms with van der Waals surface area (Å²) in [6.07, 6.45) is 11.0. The highest BCUT2D eigenvalue weighted by molar-refractivity contribution is 5.80. The van der Waals surface area contributed by atoms with E-state index in [4.69, 9.17) is 0 Å². The maximum Gasteiger partial charge on any atom is 0.236 e. The summed E-state index contributed by atoms with van der Waals surface area (Å²) < 4.78 is 0. The maximum atomic E-state index is 11.5. The van der Waals surface area contributed by atoms with Gasteiger partial charge in [-0.25, -0.2) is 0 Å². The Hall–Kier alpha value is -0.570. The van der Waals surface area contributed by atoms with Gasteiger partial charge in [-0.3, -0.25) is 4.79 Å². The van der Waals surface area contributed by atoms with Gasteiger partial charge in [0, 0.05) is 13.1 Å². The summed E-state index contributed by atoms with van der Waals surface area (Å²) in [5.74, 6) is 0.103. The number of amides is 1. The third-order valence-electron chi connectivity index (χ3n) is 4.84. The average Bonchev–Trinajstić information content (AvgIpc) is 2.80. The molecule has 2 rings (SSSR count). The molecule has 2 saturated carbocycles. The lowest BCUT2D eigenvalue weighted by atomic mass is 9.71. The van der Waals surface area contributed by atoms with E-state index >= 15 is 0 Å². The molecule has 2 aliphatic rings. The third kappa shape index (κ3) is 3.01. The molecular formula is C14H26N2O. The Kier molecular flexibility index (Phi) is 4.08. The zero-order chi connectivity index (χ0) is 12.3. The smallest absolute Gasteiger partial charge is 0.236 e. The van der Waals surface area contributed by atoms with Gasteiger partial charge in [0.05, 0.1) is 6.04 Å². The summed E-state index contributed by atoms with van der Waals surface area (Å²) in [4.78, 5) is 11.5. The van der Waals surface area contributed by atoms with E-state index in [0.29, 0.717) is 11.5 Å². The van der Waals surface area contributed by atoms with Crippen molar-refractivity contribution in [3.05, 3.63) is 0 Å². The van der Waals surface area contributed by atoms with Crippen molar-refractivity contribution in [2.75, 3.05) is 7.05 Å². The highest BCUT2D eigenvalue weighted by atomic mass is 16.2. The van der Waals surface area contributed by atoms with Gasteiger partial charge in [-0.15, -0.1) is 0 Å². The van der Waals surface area contributed by atoms with Crippen molar-refractivity contribution in [3.63, 3.8) is 0 Å². The number of nitrogens with one attached hydrogen (secondary N) is 2. The number of rotatable bonds is 3. The topological polar surface area (TPSA) is 41.1 Å². The van der Waals surface area contributed by atoms with Crippen molar-refractivity contribution >= 4 is 5.91 Å². The van der Waals surface area contributed by atoms with Crippen LogP contribution in [0.1, 0.15) is 58.3 Å². The fraction of sp³-hybridized carbons (Fsp3) is 0.929. The first-order chi connectivity index (χ1) is 8.15. The van der Waals surface area contributed by atoms with Gasteiger partial charge < -0.3 is 10.6 Å². The van der Waals surface area contributed by atoms with E-state index in [2.05, 4.69) is 10.6 Å². The Balaban J connectivity index is 1.77. The molecule has 0 aromatic rings. The standard InChI is InChI=1S/C14H26N2O/c1-11(13(17)15-2)16-12-5-9-14(10-6-12)7-3-4-8-14/h11-12,16H,3-10H2,1-2H3,(H,15,17). The van der Waals surface area contributed by atoms with Crippen LogP contribution in [-0.2, 0) is 4.79 Å². The molecule has 0 aromatic carbocycles. The molecule has 0 saturated heterocycles. The molecule has 0 radical (unpaired) electrons. The Labute approximate surface area is 105 Å². The predicted octanol–water partition coefficient (Wildman–Crippen LogP) is 2.21. The minimum absolute atomic E-state index is 0.0531. The third-order valence-corrected chi connectivity index (χ3v) is 4.84. The maximum absolute atomic E-state index is 11.5. The molecule has 3 nitrogen and oxygen atoms in total. The van der Waals surface area contributed by atoms with Crippen LogP contribution >= 0.6 is 0 Å². The van der Waals surface area contributed by atoms with Crippen molar-refractivity contribution in [3.8, 4) is 0 Å². The van der Waals surface area contributed by atoms with E-state index in [1.165, 1.54) is 51.4 Å². The number of hydrogen-bond acceptors (Lipinski definition) is 2. The summed E-state index contributed by atoms with van der Waals surface area (Å²) >= 11 is 0. The largest absolute Gasteiger partial charge is 0.358 e. The Morgan fingerprint density at radius 2 is 1.76 bits per heavy atom. The minimum atomic E-state index is -0.0531. The first kappa shape index (κ1) is 12.9. The van der Waals surface area contributed by atoms with E-state index in [0.717, 1.165) is 0 Å². The van der Waals surface area contributed by atoms with Gasteiger partial charge in [-0.2, -0.15) is 0 Å². The summed E-state index contributed by atoms with van der Waals surface area (Å²) in [5.41, 5.74) is 0.689. The van der Waals surface area contributed by atoms with E-state index in [-0.39, 0.29) is 11.9 Å². The molecule has 98 valence electrons. The van der Waals surface area contributed by atoms with Crippen molar-refractivity contribution in [1.82, 2.24) is 10.6 Å². The van der Waals surface area contributed by atoms with Crippen LogP contribution < -0.4 is 10.6 Å². The van der Waals surface area contributed by atoms with Gasteiger partial charge in [0.1, 0.15) is 0 Å². The molecule has 1 unspecified atom stereocenters. The molecule has 0 heterocycles. The normalized spacial score (nSPS) is 26.0. The predicted molar refractivity (Wildman–Crippen MR) is 69.8 cm³/mol. The second-order valence-corrected chi connectivity index (χ2v) is 5.98. The van der Waals surface area contributed by atoms with Gasteiger partial charge in [-0.05, 0) is 50.9 Å². The van der Waals surface area contributed by atoms with Gasteiger partial charge in [0.25, 0.3) is 0 Å². The molecule has 1 atom stereocenters. The fourth-order valence-electron chi connectivity index (χ4n) is 3.67. The van der Waals surface area contributed by atoms with Gasteiger partial charge in [0.15, 0.2) is 0 Å². The van der Waals surface area contributed by atoms with Gasteiger partial charge >= 0.3 is 0 Å². The SMILES string of the molecule is CNC(=O)C(C)NC1CCC2(CCCC2)CC1. The van der Waals surface area contributed by atoms with E-state index in [9.17, 15) is 4.79 Å². The first-order valence-electron chi connectivity index (χ1n) is 7.13. The molecule has 1 spiro atoms. The van der Waals surface area contributed by atoms with Crippen LogP contribution in [0.2, 0.25) is 0 Å². The lowest BCUT2D eigenvalue weighted by molar-refractivity contribution is -0.122. The Morgan fingerprint density at radius 3 is 2.29 bits per heavy atom. The lowest BCUT2D eigenvalue weighted by Crippen LogP contribution is -2.47. The van der Waals surface area contributed by atoms with Crippen molar-refractivity contribution in [1.29, 1.82) is 0 Å². The molecule has 17 heavy (non-hydrogen) atoms. The molecule has 2 fully saturated rings. The molecule has 2 aliphatic carbocycles. The molecule has 0 bridgehead atoms. The number of carbonyl (C=O) groups excluding carboxylic acids is 1. The average molecular weight is 238 g/mol. The fourth-order valence-corrected chi connectivity index (χ4v) is 3.67.